The van der Waals surface area contributed by atoms with Crippen LogP contribution in [0, 0.1) is 13.8 Å². The molecule has 2 aromatic rings. The van der Waals surface area contributed by atoms with Gasteiger partial charge in [-0.1, -0.05) is 19.1 Å². The lowest BCUT2D eigenvalue weighted by Crippen LogP contribution is -2.39. The summed E-state index contributed by atoms with van der Waals surface area (Å²) < 4.78 is 5.21. The number of hydrogen-bond donors (Lipinski definition) is 2. The number of hydrogen-bond acceptors (Lipinski definition) is 4. The number of benzene rings is 1. The molecule has 1 unspecified atom stereocenters. The summed E-state index contributed by atoms with van der Waals surface area (Å²) in [5, 5.41) is 7.92. The Morgan fingerprint density at radius 1 is 1.19 bits per heavy atom. The molecule has 0 radical (unpaired) electrons. The molecule has 26 heavy (non-hydrogen) atoms. The van der Waals surface area contributed by atoms with Crippen molar-refractivity contribution in [1.29, 1.82) is 0 Å². The number of rotatable bonds is 8. The molecule has 0 amide bonds. The zero-order valence-corrected chi connectivity index (χ0v) is 17.2. The molecule has 0 saturated heterocycles. The van der Waals surface area contributed by atoms with Crippen LogP contribution in [-0.2, 0) is 6.42 Å². The first kappa shape index (κ1) is 20.2. The topological polar surface area (TPSA) is 58.5 Å². The number of aryl methyl sites for hydroxylation is 2. The maximum Gasteiger partial charge on any atom is 0.190 e. The molecule has 6 heteroatoms. The second-order valence-electron chi connectivity index (χ2n) is 6.38. The van der Waals surface area contributed by atoms with Crippen LogP contribution in [0.2, 0.25) is 0 Å². The molecule has 1 aromatic heterocycles. The lowest BCUT2D eigenvalue weighted by Gasteiger charge is -2.15. The van der Waals surface area contributed by atoms with E-state index in [1.165, 1.54) is 10.4 Å². The predicted octanol–water partition coefficient (Wildman–Crippen LogP) is 3.67. The highest BCUT2D eigenvalue weighted by Crippen LogP contribution is 2.21. The minimum Gasteiger partial charge on any atom is -0.497 e. The Hall–Kier alpha value is -2.08. The fraction of sp³-hybridized carbons (Fsp3) is 0.500. The summed E-state index contributed by atoms with van der Waals surface area (Å²) in [4.78, 5) is 10.1. The second kappa shape index (κ2) is 10.2. The molecule has 0 spiro atoms. The van der Waals surface area contributed by atoms with Gasteiger partial charge in [0.1, 0.15) is 5.75 Å². The van der Waals surface area contributed by atoms with Crippen LogP contribution < -0.4 is 15.4 Å². The van der Waals surface area contributed by atoms with E-state index >= 15 is 0 Å². The molecule has 0 bridgehead atoms. The third kappa shape index (κ3) is 6.02. The van der Waals surface area contributed by atoms with Gasteiger partial charge in [-0.25, -0.2) is 4.98 Å². The maximum atomic E-state index is 5.21. The van der Waals surface area contributed by atoms with Crippen LogP contribution in [0.3, 0.4) is 0 Å². The number of methoxy groups -OCH3 is 1. The van der Waals surface area contributed by atoms with Crippen molar-refractivity contribution in [3.05, 3.63) is 45.4 Å². The smallest absolute Gasteiger partial charge is 0.190 e. The third-order valence-corrected chi connectivity index (χ3v) is 5.55. The van der Waals surface area contributed by atoms with Gasteiger partial charge in [-0.3, -0.25) is 4.99 Å². The molecule has 0 aliphatic heterocycles. The SMILES string of the molecule is CN=C(NCCc1sc(C)nc1C)NCCC(C)c1ccc(OC)cc1. The Balaban J connectivity index is 1.71. The predicted molar refractivity (Wildman–Crippen MR) is 111 cm³/mol. The first-order chi connectivity index (χ1) is 12.5. The summed E-state index contributed by atoms with van der Waals surface area (Å²) in [5.41, 5.74) is 2.47. The first-order valence-corrected chi connectivity index (χ1v) is 9.86. The lowest BCUT2D eigenvalue weighted by molar-refractivity contribution is 0.414. The first-order valence-electron chi connectivity index (χ1n) is 9.04. The van der Waals surface area contributed by atoms with Gasteiger partial charge >= 0.3 is 0 Å². The highest BCUT2D eigenvalue weighted by atomic mass is 32.1. The zero-order valence-electron chi connectivity index (χ0n) is 16.4. The number of thiazole rings is 1. The molecule has 1 heterocycles. The fourth-order valence-corrected chi connectivity index (χ4v) is 3.76. The van der Waals surface area contributed by atoms with Crippen molar-refractivity contribution >= 4 is 17.3 Å². The zero-order chi connectivity index (χ0) is 18.9. The van der Waals surface area contributed by atoms with E-state index in [-0.39, 0.29) is 0 Å². The van der Waals surface area contributed by atoms with Gasteiger partial charge < -0.3 is 15.4 Å². The summed E-state index contributed by atoms with van der Waals surface area (Å²) in [7, 11) is 3.50. The fourth-order valence-electron chi connectivity index (χ4n) is 2.83. The minimum absolute atomic E-state index is 0.481. The normalized spacial score (nSPS) is 12.7. The number of aromatic nitrogens is 1. The highest BCUT2D eigenvalue weighted by molar-refractivity contribution is 7.11. The van der Waals surface area contributed by atoms with E-state index in [4.69, 9.17) is 4.74 Å². The molecular weight excluding hydrogens is 344 g/mol. The molecule has 2 rings (SSSR count). The average Bonchev–Trinajstić information content (AvgIpc) is 2.97. The Bertz CT molecular complexity index is 709. The number of aliphatic imine (C=N–C) groups is 1. The highest BCUT2D eigenvalue weighted by Gasteiger charge is 2.07. The Kier molecular flexibility index (Phi) is 7.91. The second-order valence-corrected chi connectivity index (χ2v) is 7.67. The molecular formula is C20H30N4OS. The van der Waals surface area contributed by atoms with Crippen LogP contribution in [0.1, 0.15) is 40.4 Å². The van der Waals surface area contributed by atoms with Crippen molar-refractivity contribution < 1.29 is 4.74 Å². The standard InChI is InChI=1S/C20H30N4OS/c1-14(17-6-8-18(25-5)9-7-17)10-12-22-20(21-4)23-13-11-19-15(2)24-16(3)26-19/h6-9,14H,10-13H2,1-5H3,(H2,21,22,23). The van der Waals surface area contributed by atoms with Crippen molar-refractivity contribution in [1.82, 2.24) is 15.6 Å². The van der Waals surface area contributed by atoms with E-state index < -0.39 is 0 Å². The number of nitrogens with one attached hydrogen (secondary N) is 2. The van der Waals surface area contributed by atoms with Gasteiger partial charge in [-0.05, 0) is 43.9 Å². The Morgan fingerprint density at radius 3 is 2.46 bits per heavy atom. The summed E-state index contributed by atoms with van der Waals surface area (Å²) in [6.45, 7) is 8.11. The average molecular weight is 375 g/mol. The molecule has 142 valence electrons. The van der Waals surface area contributed by atoms with E-state index in [0.717, 1.165) is 48.3 Å². The summed E-state index contributed by atoms with van der Waals surface area (Å²) in [6, 6.07) is 8.30. The van der Waals surface area contributed by atoms with Crippen molar-refractivity contribution in [3.8, 4) is 5.75 Å². The van der Waals surface area contributed by atoms with Gasteiger partial charge in [0.25, 0.3) is 0 Å². The van der Waals surface area contributed by atoms with Gasteiger partial charge in [0.15, 0.2) is 5.96 Å². The summed E-state index contributed by atoms with van der Waals surface area (Å²) >= 11 is 1.78. The van der Waals surface area contributed by atoms with Crippen LogP contribution >= 0.6 is 11.3 Å². The molecule has 1 aromatic carbocycles. The molecule has 2 N–H and O–H groups in total. The van der Waals surface area contributed by atoms with E-state index in [1.807, 2.05) is 19.2 Å². The maximum absolute atomic E-state index is 5.21. The number of guanidine groups is 1. The van der Waals surface area contributed by atoms with Crippen molar-refractivity contribution in [2.24, 2.45) is 4.99 Å². The van der Waals surface area contributed by atoms with Crippen molar-refractivity contribution in [2.45, 2.75) is 39.5 Å². The van der Waals surface area contributed by atoms with Gasteiger partial charge in [-0.15, -0.1) is 11.3 Å². The third-order valence-electron chi connectivity index (χ3n) is 4.42. The molecule has 5 nitrogen and oxygen atoms in total. The van der Waals surface area contributed by atoms with Crippen molar-refractivity contribution in [3.63, 3.8) is 0 Å². The Labute approximate surface area is 160 Å². The van der Waals surface area contributed by atoms with Crippen LogP contribution in [0.4, 0.5) is 0 Å². The lowest BCUT2D eigenvalue weighted by atomic mass is 9.98. The number of ether oxygens (including phenoxy) is 1. The van der Waals surface area contributed by atoms with Gasteiger partial charge in [0.2, 0.25) is 0 Å². The van der Waals surface area contributed by atoms with Crippen LogP contribution in [0.5, 0.6) is 5.75 Å². The molecule has 0 aliphatic carbocycles. The van der Waals surface area contributed by atoms with Gasteiger partial charge in [0, 0.05) is 31.4 Å². The molecule has 0 aliphatic rings. The van der Waals surface area contributed by atoms with Crippen molar-refractivity contribution in [2.75, 3.05) is 27.2 Å². The van der Waals surface area contributed by atoms with E-state index in [0.29, 0.717) is 5.92 Å². The van der Waals surface area contributed by atoms with Crippen LogP contribution in [0.15, 0.2) is 29.3 Å². The number of nitrogens with zero attached hydrogens (tertiary/aromatic N) is 2. The summed E-state index contributed by atoms with van der Waals surface area (Å²) in [5.74, 6) is 2.23. The van der Waals surface area contributed by atoms with Gasteiger partial charge in [-0.2, -0.15) is 0 Å². The van der Waals surface area contributed by atoms with E-state index in [1.54, 1.807) is 18.4 Å². The molecule has 0 fully saturated rings. The van der Waals surface area contributed by atoms with Crippen LogP contribution in [0.25, 0.3) is 0 Å². The van der Waals surface area contributed by atoms with E-state index in [9.17, 15) is 0 Å². The summed E-state index contributed by atoms with van der Waals surface area (Å²) in [6.07, 6.45) is 2.01. The van der Waals surface area contributed by atoms with E-state index in [2.05, 4.69) is 53.5 Å². The Morgan fingerprint density at radius 2 is 1.88 bits per heavy atom. The molecule has 0 saturated carbocycles. The largest absolute Gasteiger partial charge is 0.497 e. The van der Waals surface area contributed by atoms with Gasteiger partial charge in [0.05, 0.1) is 17.8 Å². The monoisotopic (exact) mass is 374 g/mol. The minimum atomic E-state index is 0.481. The molecule has 1 atom stereocenters. The quantitative estimate of drug-likeness (QED) is 0.547. The van der Waals surface area contributed by atoms with Crippen LogP contribution in [-0.4, -0.2) is 38.2 Å².